The van der Waals surface area contributed by atoms with Gasteiger partial charge in [-0.15, -0.1) is 0 Å². The molecule has 0 aliphatic carbocycles. The van der Waals surface area contributed by atoms with Gasteiger partial charge in [-0.3, -0.25) is 4.79 Å². The van der Waals surface area contributed by atoms with Crippen LogP contribution in [0.3, 0.4) is 0 Å². The molecular formula is C13H4Cl6O. The summed E-state index contributed by atoms with van der Waals surface area (Å²) in [6.45, 7) is 0. The van der Waals surface area contributed by atoms with E-state index >= 15 is 0 Å². The summed E-state index contributed by atoms with van der Waals surface area (Å²) < 4.78 is 0. The molecule has 0 spiro atoms. The Morgan fingerprint density at radius 3 is 1.30 bits per heavy atom. The van der Waals surface area contributed by atoms with Gasteiger partial charge >= 0.3 is 0 Å². The van der Waals surface area contributed by atoms with E-state index in [0.29, 0.717) is 0 Å². The highest BCUT2D eigenvalue weighted by molar-refractivity contribution is 6.51. The van der Waals surface area contributed by atoms with Crippen molar-refractivity contribution in [1.82, 2.24) is 0 Å². The number of halogens is 6. The number of carbonyl (C=O) groups is 1. The first-order valence-electron chi connectivity index (χ1n) is 5.16. The lowest BCUT2D eigenvalue weighted by atomic mass is 10.0. The molecule has 2 rings (SSSR count). The summed E-state index contributed by atoms with van der Waals surface area (Å²) in [5, 5.41) is 0.852. The third kappa shape index (κ3) is 2.89. The zero-order chi connectivity index (χ0) is 15.0. The lowest BCUT2D eigenvalue weighted by Gasteiger charge is -2.09. The van der Waals surface area contributed by atoms with Gasteiger partial charge in [0, 0.05) is 11.1 Å². The second-order valence-corrected chi connectivity index (χ2v) is 6.10. The van der Waals surface area contributed by atoms with Crippen molar-refractivity contribution < 1.29 is 4.79 Å². The van der Waals surface area contributed by atoms with Gasteiger partial charge in [-0.2, -0.15) is 0 Å². The molecule has 0 saturated carbocycles. The van der Waals surface area contributed by atoms with E-state index in [4.69, 9.17) is 69.6 Å². The van der Waals surface area contributed by atoms with Crippen LogP contribution in [0.25, 0.3) is 0 Å². The van der Waals surface area contributed by atoms with Crippen LogP contribution >= 0.6 is 69.6 Å². The molecule has 0 amide bonds. The van der Waals surface area contributed by atoms with E-state index in [1.807, 2.05) is 0 Å². The minimum Gasteiger partial charge on any atom is -0.288 e. The SMILES string of the molecule is O=C(c1ccc(Cl)c(Cl)c1Cl)c1ccc(Cl)c(Cl)c1Cl. The molecule has 0 saturated heterocycles. The van der Waals surface area contributed by atoms with Gasteiger partial charge in [-0.25, -0.2) is 0 Å². The zero-order valence-corrected chi connectivity index (χ0v) is 14.0. The van der Waals surface area contributed by atoms with Crippen molar-refractivity contribution in [2.45, 2.75) is 0 Å². The van der Waals surface area contributed by atoms with Gasteiger partial charge < -0.3 is 0 Å². The lowest BCUT2D eigenvalue weighted by Crippen LogP contribution is -2.04. The highest BCUT2D eigenvalue weighted by Gasteiger charge is 2.21. The number of carbonyl (C=O) groups excluding carboxylic acids is 1. The molecule has 2 aromatic rings. The molecule has 1 nitrogen and oxygen atoms in total. The van der Waals surface area contributed by atoms with Crippen LogP contribution in [0.2, 0.25) is 30.1 Å². The number of rotatable bonds is 2. The standard InChI is InChI=1S/C13H4Cl6O/c14-7-3-1-5(9(16)11(7)18)13(20)6-2-4-8(15)12(19)10(6)17/h1-4H. The molecule has 0 atom stereocenters. The van der Waals surface area contributed by atoms with Crippen molar-refractivity contribution in [2.75, 3.05) is 0 Å². The highest BCUT2D eigenvalue weighted by Crippen LogP contribution is 2.37. The van der Waals surface area contributed by atoms with Crippen LogP contribution in [-0.4, -0.2) is 5.78 Å². The number of benzene rings is 2. The number of hydrogen-bond acceptors (Lipinski definition) is 1. The van der Waals surface area contributed by atoms with Crippen molar-refractivity contribution in [2.24, 2.45) is 0 Å². The van der Waals surface area contributed by atoms with Crippen LogP contribution in [0.4, 0.5) is 0 Å². The monoisotopic (exact) mass is 386 g/mol. The van der Waals surface area contributed by atoms with Gasteiger partial charge in [0.2, 0.25) is 0 Å². The fourth-order valence-electron chi connectivity index (χ4n) is 1.55. The van der Waals surface area contributed by atoms with Crippen LogP contribution in [0.1, 0.15) is 15.9 Å². The Morgan fingerprint density at radius 1 is 0.600 bits per heavy atom. The zero-order valence-electron chi connectivity index (χ0n) is 9.49. The van der Waals surface area contributed by atoms with Crippen LogP contribution in [0.15, 0.2) is 24.3 Å². The summed E-state index contributed by atoms with van der Waals surface area (Å²) in [4.78, 5) is 12.4. The summed E-state index contributed by atoms with van der Waals surface area (Å²) in [6.07, 6.45) is 0. The second kappa shape index (κ2) is 6.31. The molecule has 0 radical (unpaired) electrons. The van der Waals surface area contributed by atoms with Gasteiger partial charge in [-0.05, 0) is 24.3 Å². The Morgan fingerprint density at radius 2 is 0.950 bits per heavy atom. The topological polar surface area (TPSA) is 17.1 Å². The largest absolute Gasteiger partial charge is 0.288 e. The van der Waals surface area contributed by atoms with E-state index in [2.05, 4.69) is 0 Å². The maximum Gasteiger partial charge on any atom is 0.196 e. The van der Waals surface area contributed by atoms with Crippen molar-refractivity contribution in [3.8, 4) is 0 Å². The molecule has 0 aromatic heterocycles. The van der Waals surface area contributed by atoms with Crippen LogP contribution in [0.5, 0.6) is 0 Å². The molecule has 0 fully saturated rings. The van der Waals surface area contributed by atoms with Crippen LogP contribution in [-0.2, 0) is 0 Å². The molecule has 0 N–H and O–H groups in total. The first-order valence-corrected chi connectivity index (χ1v) is 7.43. The third-order valence-corrected chi connectivity index (χ3v) is 5.15. The third-order valence-electron chi connectivity index (χ3n) is 2.56. The van der Waals surface area contributed by atoms with E-state index < -0.39 is 5.78 Å². The molecule has 0 heterocycles. The lowest BCUT2D eigenvalue weighted by molar-refractivity contribution is 0.103. The van der Waals surface area contributed by atoms with E-state index in [1.54, 1.807) is 0 Å². The van der Waals surface area contributed by atoms with Crippen LogP contribution in [0, 0.1) is 0 Å². The van der Waals surface area contributed by atoms with Crippen molar-refractivity contribution in [3.05, 3.63) is 65.5 Å². The summed E-state index contributed by atoms with van der Waals surface area (Å²) >= 11 is 35.5. The molecule has 0 aliphatic heterocycles. The predicted molar refractivity (Wildman–Crippen MR) is 86.4 cm³/mol. The van der Waals surface area contributed by atoms with Crippen molar-refractivity contribution in [3.63, 3.8) is 0 Å². The molecule has 7 heteroatoms. The summed E-state index contributed by atoms with van der Waals surface area (Å²) in [6, 6.07) is 5.90. The Hall–Kier alpha value is -0.150. The first kappa shape index (κ1) is 16.2. The maximum absolute atomic E-state index is 12.4. The molecule has 0 bridgehead atoms. The number of ketones is 1. The maximum atomic E-state index is 12.4. The minimum atomic E-state index is -0.419. The average Bonchev–Trinajstić information content (AvgIpc) is 2.42. The van der Waals surface area contributed by atoms with Gasteiger partial charge in [0.25, 0.3) is 0 Å². The smallest absolute Gasteiger partial charge is 0.196 e. The fourth-order valence-corrected chi connectivity index (χ4v) is 2.79. The Bertz CT molecular complexity index is 651. The van der Waals surface area contributed by atoms with E-state index in [1.165, 1.54) is 24.3 Å². The van der Waals surface area contributed by atoms with Gasteiger partial charge in [0.15, 0.2) is 5.78 Å². The first-order chi connectivity index (χ1) is 9.34. The molecule has 0 unspecified atom stereocenters. The van der Waals surface area contributed by atoms with E-state index in [-0.39, 0.29) is 41.3 Å². The molecule has 2 aromatic carbocycles. The molecule has 20 heavy (non-hydrogen) atoms. The van der Waals surface area contributed by atoms with E-state index in [0.717, 1.165) is 0 Å². The summed E-state index contributed by atoms with van der Waals surface area (Å²) in [7, 11) is 0. The van der Waals surface area contributed by atoms with E-state index in [9.17, 15) is 4.79 Å². The van der Waals surface area contributed by atoms with Gasteiger partial charge in [-0.1, -0.05) is 69.6 Å². The van der Waals surface area contributed by atoms with Crippen molar-refractivity contribution >= 4 is 75.4 Å². The molecular weight excluding hydrogens is 385 g/mol. The van der Waals surface area contributed by atoms with Gasteiger partial charge in [0.1, 0.15) is 0 Å². The quantitative estimate of drug-likeness (QED) is 0.406. The predicted octanol–water partition coefficient (Wildman–Crippen LogP) is 6.84. The normalized spacial score (nSPS) is 10.7. The molecule has 104 valence electrons. The number of hydrogen-bond donors (Lipinski definition) is 0. The summed E-state index contributed by atoms with van der Waals surface area (Å²) in [5.74, 6) is -0.419. The Labute approximate surface area is 145 Å². The Balaban J connectivity index is 2.58. The fraction of sp³-hybridized carbons (Fsp3) is 0. The van der Waals surface area contributed by atoms with Gasteiger partial charge in [0.05, 0.1) is 30.1 Å². The summed E-state index contributed by atoms with van der Waals surface area (Å²) in [5.41, 5.74) is 0.364. The molecule has 0 aliphatic rings. The highest BCUT2D eigenvalue weighted by atomic mass is 35.5. The van der Waals surface area contributed by atoms with Crippen LogP contribution < -0.4 is 0 Å². The van der Waals surface area contributed by atoms with Crippen molar-refractivity contribution in [1.29, 1.82) is 0 Å². The minimum absolute atomic E-state index is 0.0614. The second-order valence-electron chi connectivity index (χ2n) is 3.77. The Kier molecular flexibility index (Phi) is 5.12. The average molecular weight is 389 g/mol.